The first-order chi connectivity index (χ1) is 9.99. The van der Waals surface area contributed by atoms with Crippen LogP contribution in [0.5, 0.6) is 0 Å². The lowest BCUT2D eigenvalue weighted by Crippen LogP contribution is -2.44. The minimum absolute atomic E-state index is 0.00110. The standard InChI is InChI=1S/C12H19N3O4S2/c16-12(17)10-8-11(20-9-10)21(18,19)14-2-1-5-15-6-3-13-4-7-15/h8-9,13-14H,1-7H2,(H,16,17). The predicted molar refractivity (Wildman–Crippen MR) is 80.4 cm³/mol. The average molecular weight is 333 g/mol. The fraction of sp³-hybridized carbons (Fsp3) is 0.583. The summed E-state index contributed by atoms with van der Waals surface area (Å²) in [7, 11) is -3.60. The quantitative estimate of drug-likeness (QED) is 0.609. The first-order valence-electron chi connectivity index (χ1n) is 6.73. The minimum Gasteiger partial charge on any atom is -0.478 e. The van der Waals surface area contributed by atoms with E-state index in [1.165, 1.54) is 11.4 Å². The Balaban J connectivity index is 1.79. The molecular formula is C12H19N3O4S2. The van der Waals surface area contributed by atoms with Crippen molar-refractivity contribution in [2.45, 2.75) is 10.6 Å². The van der Waals surface area contributed by atoms with E-state index in [2.05, 4.69) is 14.9 Å². The smallest absolute Gasteiger partial charge is 0.336 e. The van der Waals surface area contributed by atoms with Crippen LogP contribution in [-0.4, -0.2) is 63.7 Å². The van der Waals surface area contributed by atoms with Crippen LogP contribution in [-0.2, 0) is 10.0 Å². The Hall–Kier alpha value is -1.00. The highest BCUT2D eigenvalue weighted by Gasteiger charge is 2.18. The van der Waals surface area contributed by atoms with Crippen molar-refractivity contribution >= 4 is 27.3 Å². The lowest BCUT2D eigenvalue weighted by Gasteiger charge is -2.26. The Morgan fingerprint density at radius 3 is 2.76 bits per heavy atom. The maximum Gasteiger partial charge on any atom is 0.336 e. The molecule has 9 heteroatoms. The average Bonchev–Trinajstić information content (AvgIpc) is 2.96. The highest BCUT2D eigenvalue weighted by molar-refractivity contribution is 7.91. The van der Waals surface area contributed by atoms with Crippen LogP contribution in [0.1, 0.15) is 16.8 Å². The second-order valence-corrected chi connectivity index (χ2v) is 7.71. The number of nitrogens with zero attached hydrogens (tertiary/aromatic N) is 1. The van der Waals surface area contributed by atoms with E-state index in [1.54, 1.807) is 0 Å². The van der Waals surface area contributed by atoms with Gasteiger partial charge >= 0.3 is 5.97 Å². The van der Waals surface area contributed by atoms with Crippen molar-refractivity contribution in [2.75, 3.05) is 39.3 Å². The van der Waals surface area contributed by atoms with E-state index < -0.39 is 16.0 Å². The van der Waals surface area contributed by atoms with E-state index in [1.807, 2.05) is 0 Å². The zero-order valence-corrected chi connectivity index (χ0v) is 13.2. The molecule has 0 amide bonds. The van der Waals surface area contributed by atoms with Gasteiger partial charge in [-0.15, -0.1) is 11.3 Å². The molecule has 0 saturated carbocycles. The summed E-state index contributed by atoms with van der Waals surface area (Å²) >= 11 is 0.921. The second-order valence-electron chi connectivity index (χ2n) is 4.80. The molecule has 0 atom stereocenters. The van der Waals surface area contributed by atoms with E-state index in [0.717, 1.165) is 50.5 Å². The third-order valence-electron chi connectivity index (χ3n) is 3.24. The normalized spacial score (nSPS) is 17.0. The molecule has 1 aliphatic heterocycles. The van der Waals surface area contributed by atoms with Crippen molar-refractivity contribution in [3.63, 3.8) is 0 Å². The van der Waals surface area contributed by atoms with Crippen molar-refractivity contribution in [3.8, 4) is 0 Å². The molecule has 0 radical (unpaired) electrons. The van der Waals surface area contributed by atoms with Crippen molar-refractivity contribution in [1.29, 1.82) is 0 Å². The van der Waals surface area contributed by atoms with Crippen LogP contribution in [0.25, 0.3) is 0 Å². The van der Waals surface area contributed by atoms with Crippen molar-refractivity contribution in [3.05, 3.63) is 17.0 Å². The van der Waals surface area contributed by atoms with Crippen LogP contribution in [0, 0.1) is 0 Å². The fourth-order valence-electron chi connectivity index (χ4n) is 2.08. The molecule has 3 N–H and O–H groups in total. The second kappa shape index (κ2) is 7.32. The first-order valence-corrected chi connectivity index (χ1v) is 9.10. The fourth-order valence-corrected chi connectivity index (χ4v) is 4.36. The van der Waals surface area contributed by atoms with E-state index in [4.69, 9.17) is 5.11 Å². The van der Waals surface area contributed by atoms with Crippen LogP contribution in [0.3, 0.4) is 0 Å². The number of hydrogen-bond donors (Lipinski definition) is 3. The summed E-state index contributed by atoms with van der Waals surface area (Å²) in [6.45, 7) is 5.12. The van der Waals surface area contributed by atoms with Crippen molar-refractivity contribution < 1.29 is 18.3 Å². The molecule has 1 saturated heterocycles. The lowest BCUT2D eigenvalue weighted by molar-refractivity contribution is 0.0697. The Labute approximate surface area is 128 Å². The molecule has 118 valence electrons. The van der Waals surface area contributed by atoms with E-state index in [-0.39, 0.29) is 9.77 Å². The molecular weight excluding hydrogens is 314 g/mol. The van der Waals surface area contributed by atoms with Gasteiger partial charge in [0.15, 0.2) is 0 Å². The van der Waals surface area contributed by atoms with Gasteiger partial charge in [-0.1, -0.05) is 0 Å². The van der Waals surface area contributed by atoms with Crippen LogP contribution >= 0.6 is 11.3 Å². The Morgan fingerprint density at radius 1 is 1.43 bits per heavy atom. The first kappa shape index (κ1) is 16.4. The van der Waals surface area contributed by atoms with Gasteiger partial charge in [-0.3, -0.25) is 0 Å². The highest BCUT2D eigenvalue weighted by atomic mass is 32.2. The van der Waals surface area contributed by atoms with E-state index >= 15 is 0 Å². The third kappa shape index (κ3) is 4.75. The number of sulfonamides is 1. The van der Waals surface area contributed by atoms with Crippen LogP contribution < -0.4 is 10.0 Å². The van der Waals surface area contributed by atoms with Gasteiger partial charge in [0.2, 0.25) is 10.0 Å². The maximum atomic E-state index is 12.0. The van der Waals surface area contributed by atoms with Crippen LogP contribution in [0.4, 0.5) is 0 Å². The highest BCUT2D eigenvalue weighted by Crippen LogP contribution is 2.19. The van der Waals surface area contributed by atoms with Gasteiger partial charge in [-0.2, -0.15) is 0 Å². The summed E-state index contributed by atoms with van der Waals surface area (Å²) in [5.74, 6) is -1.12. The van der Waals surface area contributed by atoms with Gasteiger partial charge in [-0.25, -0.2) is 17.9 Å². The molecule has 21 heavy (non-hydrogen) atoms. The number of rotatable bonds is 7. The monoisotopic (exact) mass is 333 g/mol. The number of carbonyl (C=O) groups is 1. The summed E-state index contributed by atoms with van der Waals surface area (Å²) in [6.07, 6.45) is 0.733. The molecule has 0 aromatic carbocycles. The molecule has 1 aliphatic rings. The molecule has 2 rings (SSSR count). The largest absolute Gasteiger partial charge is 0.478 e. The van der Waals surface area contributed by atoms with E-state index in [0.29, 0.717) is 6.54 Å². The van der Waals surface area contributed by atoms with Gasteiger partial charge in [0.25, 0.3) is 0 Å². The molecule has 0 bridgehead atoms. The number of carboxylic acids is 1. The molecule has 7 nitrogen and oxygen atoms in total. The molecule has 1 fully saturated rings. The molecule has 0 aliphatic carbocycles. The number of thiophene rings is 1. The van der Waals surface area contributed by atoms with Gasteiger partial charge < -0.3 is 15.3 Å². The molecule has 1 aromatic rings. The number of carboxylic acid groups (broad SMARTS) is 1. The summed E-state index contributed by atoms with van der Waals surface area (Å²) in [4.78, 5) is 13.0. The maximum absolute atomic E-state index is 12.0. The van der Waals surface area contributed by atoms with E-state index in [9.17, 15) is 13.2 Å². The predicted octanol–water partition coefficient (Wildman–Crippen LogP) is 0.0199. The Bertz CT molecular complexity index is 579. The van der Waals surface area contributed by atoms with Gasteiger partial charge in [0, 0.05) is 38.1 Å². The summed E-state index contributed by atoms with van der Waals surface area (Å²) in [5, 5.41) is 13.4. The third-order valence-corrected chi connectivity index (χ3v) is 6.14. The van der Waals surface area contributed by atoms with Crippen molar-refractivity contribution in [2.24, 2.45) is 0 Å². The zero-order chi connectivity index (χ0) is 15.3. The number of piperazine rings is 1. The minimum atomic E-state index is -3.60. The SMILES string of the molecule is O=C(O)c1csc(S(=O)(=O)NCCCN2CCNCC2)c1. The summed E-state index contributed by atoms with van der Waals surface area (Å²) in [5.41, 5.74) is 0.00110. The molecule has 1 aromatic heterocycles. The Morgan fingerprint density at radius 2 is 2.14 bits per heavy atom. The van der Waals surface area contributed by atoms with Crippen molar-refractivity contribution in [1.82, 2.24) is 14.9 Å². The summed E-state index contributed by atoms with van der Waals surface area (Å²) < 4.78 is 26.6. The number of hydrogen-bond acceptors (Lipinski definition) is 6. The van der Waals surface area contributed by atoms with Crippen LogP contribution in [0.2, 0.25) is 0 Å². The molecule has 2 heterocycles. The number of nitrogens with one attached hydrogen (secondary N) is 2. The molecule has 0 spiro atoms. The van der Waals surface area contributed by atoms with Gasteiger partial charge in [-0.05, 0) is 19.0 Å². The topological polar surface area (TPSA) is 98.7 Å². The van der Waals surface area contributed by atoms with Gasteiger partial charge in [0.1, 0.15) is 4.21 Å². The lowest BCUT2D eigenvalue weighted by atomic mass is 10.3. The molecule has 0 unspecified atom stereocenters. The number of aromatic carboxylic acids is 1. The Kier molecular flexibility index (Phi) is 5.71. The van der Waals surface area contributed by atoms with Gasteiger partial charge in [0.05, 0.1) is 5.56 Å². The van der Waals surface area contributed by atoms with Crippen LogP contribution in [0.15, 0.2) is 15.7 Å². The zero-order valence-electron chi connectivity index (χ0n) is 11.5. The summed E-state index contributed by atoms with van der Waals surface area (Å²) in [6, 6.07) is 1.19.